The first-order valence-corrected chi connectivity index (χ1v) is 5.29. The number of nitrogens with zero attached hydrogens (tertiary/aromatic N) is 1. The Hall–Kier alpha value is -0.390. The minimum atomic E-state index is -3.19. The van der Waals surface area contributed by atoms with Crippen molar-refractivity contribution in [1.29, 1.82) is 0 Å². The highest BCUT2D eigenvalue weighted by atomic mass is 32.2. The SMILES string of the molecule is C=CCS(=O)(=O)N1CC(C)(O)C1. The molecule has 0 radical (unpaired) electrons. The van der Waals surface area contributed by atoms with Crippen molar-refractivity contribution in [2.75, 3.05) is 18.8 Å². The van der Waals surface area contributed by atoms with Crippen molar-refractivity contribution in [3.8, 4) is 0 Å². The van der Waals surface area contributed by atoms with Crippen LogP contribution in [0.1, 0.15) is 6.92 Å². The first-order chi connectivity index (χ1) is 5.37. The maximum atomic E-state index is 11.2. The number of sulfonamides is 1. The molecule has 5 heteroatoms. The van der Waals surface area contributed by atoms with Gasteiger partial charge < -0.3 is 5.11 Å². The smallest absolute Gasteiger partial charge is 0.217 e. The van der Waals surface area contributed by atoms with Crippen LogP contribution in [-0.2, 0) is 10.0 Å². The molecule has 1 heterocycles. The highest BCUT2D eigenvalue weighted by molar-refractivity contribution is 7.89. The third kappa shape index (κ3) is 1.85. The van der Waals surface area contributed by atoms with Gasteiger partial charge in [-0.3, -0.25) is 0 Å². The summed E-state index contributed by atoms with van der Waals surface area (Å²) >= 11 is 0. The zero-order valence-electron chi connectivity index (χ0n) is 7.02. The van der Waals surface area contributed by atoms with Crippen molar-refractivity contribution < 1.29 is 13.5 Å². The third-order valence-electron chi connectivity index (χ3n) is 1.76. The number of rotatable bonds is 3. The minimum Gasteiger partial charge on any atom is -0.387 e. The third-order valence-corrected chi connectivity index (χ3v) is 3.46. The van der Waals surface area contributed by atoms with Crippen LogP contribution in [0.4, 0.5) is 0 Å². The van der Waals surface area contributed by atoms with E-state index < -0.39 is 15.6 Å². The molecule has 0 aromatic heterocycles. The van der Waals surface area contributed by atoms with Gasteiger partial charge in [-0.05, 0) is 6.92 Å². The van der Waals surface area contributed by atoms with Crippen molar-refractivity contribution in [2.24, 2.45) is 0 Å². The van der Waals surface area contributed by atoms with E-state index in [1.54, 1.807) is 6.92 Å². The Labute approximate surface area is 72.5 Å². The molecule has 1 fully saturated rings. The van der Waals surface area contributed by atoms with Crippen LogP contribution in [0.15, 0.2) is 12.7 Å². The molecule has 0 aliphatic carbocycles. The molecule has 0 spiro atoms. The number of hydrogen-bond donors (Lipinski definition) is 1. The maximum Gasteiger partial charge on any atom is 0.217 e. The Bertz CT molecular complexity index is 273. The quantitative estimate of drug-likeness (QED) is 0.616. The molecule has 1 rings (SSSR count). The van der Waals surface area contributed by atoms with Crippen molar-refractivity contribution >= 4 is 10.0 Å². The lowest BCUT2D eigenvalue weighted by Crippen LogP contribution is -2.61. The van der Waals surface area contributed by atoms with Gasteiger partial charge in [-0.15, -0.1) is 6.58 Å². The molecule has 1 aliphatic heterocycles. The second-order valence-corrected chi connectivity index (χ2v) is 5.35. The van der Waals surface area contributed by atoms with Gasteiger partial charge in [0.15, 0.2) is 0 Å². The fourth-order valence-electron chi connectivity index (χ4n) is 1.16. The van der Waals surface area contributed by atoms with E-state index in [1.165, 1.54) is 10.4 Å². The van der Waals surface area contributed by atoms with Crippen molar-refractivity contribution in [3.05, 3.63) is 12.7 Å². The molecule has 0 aromatic rings. The second-order valence-electron chi connectivity index (χ2n) is 3.33. The fourth-order valence-corrected chi connectivity index (χ4v) is 2.62. The average molecular weight is 191 g/mol. The van der Waals surface area contributed by atoms with E-state index in [9.17, 15) is 13.5 Å². The van der Waals surface area contributed by atoms with E-state index in [1.807, 2.05) is 0 Å². The molecule has 0 amide bonds. The average Bonchev–Trinajstić information content (AvgIpc) is 1.82. The summed E-state index contributed by atoms with van der Waals surface area (Å²) in [6.45, 7) is 5.37. The van der Waals surface area contributed by atoms with Gasteiger partial charge in [0.05, 0.1) is 11.4 Å². The topological polar surface area (TPSA) is 57.6 Å². The van der Waals surface area contributed by atoms with Gasteiger partial charge in [0.25, 0.3) is 0 Å². The normalized spacial score (nSPS) is 23.2. The summed E-state index contributed by atoms with van der Waals surface area (Å²) in [4.78, 5) is 0. The molecule has 1 saturated heterocycles. The van der Waals surface area contributed by atoms with Crippen molar-refractivity contribution in [2.45, 2.75) is 12.5 Å². The van der Waals surface area contributed by atoms with Crippen LogP contribution in [0.3, 0.4) is 0 Å². The van der Waals surface area contributed by atoms with Gasteiger partial charge in [-0.2, -0.15) is 4.31 Å². The Balaban J connectivity index is 2.58. The lowest BCUT2D eigenvalue weighted by Gasteiger charge is -2.42. The van der Waals surface area contributed by atoms with E-state index in [2.05, 4.69) is 6.58 Å². The summed E-state index contributed by atoms with van der Waals surface area (Å²) in [5, 5.41) is 9.28. The zero-order valence-corrected chi connectivity index (χ0v) is 7.84. The van der Waals surface area contributed by atoms with Gasteiger partial charge in [-0.1, -0.05) is 6.08 Å². The standard InChI is InChI=1S/C7H13NO3S/c1-3-4-12(10,11)8-5-7(2,9)6-8/h3,9H,1,4-6H2,2H3. The van der Waals surface area contributed by atoms with Crippen LogP contribution in [0.25, 0.3) is 0 Å². The Morgan fingerprint density at radius 2 is 2.17 bits per heavy atom. The molecule has 12 heavy (non-hydrogen) atoms. The van der Waals surface area contributed by atoms with E-state index in [-0.39, 0.29) is 18.8 Å². The molecule has 0 aromatic carbocycles. The molecule has 0 saturated carbocycles. The second kappa shape index (κ2) is 2.83. The predicted octanol–water partition coefficient (Wildman–Crippen LogP) is -0.431. The lowest BCUT2D eigenvalue weighted by molar-refractivity contribution is -0.0424. The molecule has 1 N–H and O–H groups in total. The summed E-state index contributed by atoms with van der Waals surface area (Å²) in [6.07, 6.45) is 1.35. The summed E-state index contributed by atoms with van der Waals surface area (Å²) < 4.78 is 23.7. The molecular weight excluding hydrogens is 178 g/mol. The molecular formula is C7H13NO3S. The van der Waals surface area contributed by atoms with Gasteiger partial charge in [0.1, 0.15) is 0 Å². The van der Waals surface area contributed by atoms with E-state index >= 15 is 0 Å². The molecule has 4 nitrogen and oxygen atoms in total. The highest BCUT2D eigenvalue weighted by Gasteiger charge is 2.42. The van der Waals surface area contributed by atoms with Gasteiger partial charge in [0.2, 0.25) is 10.0 Å². The maximum absolute atomic E-state index is 11.2. The van der Waals surface area contributed by atoms with Crippen LogP contribution < -0.4 is 0 Å². The van der Waals surface area contributed by atoms with E-state index in [0.29, 0.717) is 0 Å². The van der Waals surface area contributed by atoms with Crippen LogP contribution in [-0.4, -0.2) is 42.3 Å². The van der Waals surface area contributed by atoms with Crippen LogP contribution in [0.2, 0.25) is 0 Å². The van der Waals surface area contributed by atoms with E-state index in [0.717, 1.165) is 0 Å². The monoisotopic (exact) mass is 191 g/mol. The van der Waals surface area contributed by atoms with E-state index in [4.69, 9.17) is 0 Å². The molecule has 0 unspecified atom stereocenters. The van der Waals surface area contributed by atoms with Crippen LogP contribution in [0.5, 0.6) is 0 Å². The number of β-amino-alcohol motifs (C(OH)–C–C–N with tert-alkyl or cyclic N) is 1. The summed E-state index contributed by atoms with van der Waals surface area (Å²) in [5.41, 5.74) is -0.839. The van der Waals surface area contributed by atoms with Gasteiger partial charge in [-0.25, -0.2) is 8.42 Å². The predicted molar refractivity (Wildman–Crippen MR) is 46.2 cm³/mol. The summed E-state index contributed by atoms with van der Waals surface area (Å²) in [6, 6.07) is 0. The summed E-state index contributed by atoms with van der Waals surface area (Å²) in [7, 11) is -3.19. The number of aliphatic hydroxyl groups is 1. The lowest BCUT2D eigenvalue weighted by atomic mass is 10.0. The molecule has 1 aliphatic rings. The minimum absolute atomic E-state index is 0.0525. The largest absolute Gasteiger partial charge is 0.387 e. The molecule has 70 valence electrons. The van der Waals surface area contributed by atoms with Crippen LogP contribution >= 0.6 is 0 Å². The van der Waals surface area contributed by atoms with Crippen molar-refractivity contribution in [3.63, 3.8) is 0 Å². The first-order valence-electron chi connectivity index (χ1n) is 3.68. The first kappa shape index (κ1) is 9.70. The van der Waals surface area contributed by atoms with Gasteiger partial charge in [0, 0.05) is 13.1 Å². The van der Waals surface area contributed by atoms with Crippen molar-refractivity contribution in [1.82, 2.24) is 4.31 Å². The Kier molecular flexibility index (Phi) is 2.29. The van der Waals surface area contributed by atoms with Crippen LogP contribution in [0, 0.1) is 0 Å². The highest BCUT2D eigenvalue weighted by Crippen LogP contribution is 2.23. The summed E-state index contributed by atoms with van der Waals surface area (Å²) in [5.74, 6) is -0.0525. The fraction of sp³-hybridized carbons (Fsp3) is 0.714. The van der Waals surface area contributed by atoms with Gasteiger partial charge >= 0.3 is 0 Å². The molecule has 0 atom stereocenters. The Morgan fingerprint density at radius 1 is 1.67 bits per heavy atom. The Morgan fingerprint density at radius 3 is 2.50 bits per heavy atom. The zero-order chi connectivity index (χ0) is 9.41. The molecule has 0 bridgehead atoms. The number of hydrogen-bond acceptors (Lipinski definition) is 3.